The van der Waals surface area contributed by atoms with Crippen molar-refractivity contribution in [1.82, 2.24) is 0 Å². The van der Waals surface area contributed by atoms with Gasteiger partial charge in [-0.1, -0.05) is 13.8 Å². The van der Waals surface area contributed by atoms with Crippen LogP contribution in [0.4, 0.5) is 0 Å². The van der Waals surface area contributed by atoms with Crippen molar-refractivity contribution in [3.8, 4) is 0 Å². The Kier molecular flexibility index (Phi) is 1.92. The van der Waals surface area contributed by atoms with E-state index in [0.717, 1.165) is 19.1 Å². The summed E-state index contributed by atoms with van der Waals surface area (Å²) in [6.45, 7) is 6.43. The van der Waals surface area contributed by atoms with Gasteiger partial charge in [0.1, 0.15) is 0 Å². The molecule has 12 heavy (non-hydrogen) atoms. The SMILES string of the molecule is CC1(C)[C@@H](CN)[C@@H]1C1CCCO1. The van der Waals surface area contributed by atoms with E-state index in [0.29, 0.717) is 17.4 Å². The van der Waals surface area contributed by atoms with Crippen molar-refractivity contribution in [1.29, 1.82) is 0 Å². The lowest BCUT2D eigenvalue weighted by Gasteiger charge is -2.09. The van der Waals surface area contributed by atoms with Crippen molar-refractivity contribution in [3.63, 3.8) is 0 Å². The molecule has 2 rings (SSSR count). The summed E-state index contributed by atoms with van der Waals surface area (Å²) in [6.07, 6.45) is 3.02. The van der Waals surface area contributed by atoms with Gasteiger partial charge in [0, 0.05) is 6.61 Å². The van der Waals surface area contributed by atoms with Gasteiger partial charge in [0.2, 0.25) is 0 Å². The maximum Gasteiger partial charge on any atom is 0.0612 e. The molecule has 2 N–H and O–H groups in total. The lowest BCUT2D eigenvalue weighted by atomic mass is 10.0. The summed E-state index contributed by atoms with van der Waals surface area (Å²) in [5.41, 5.74) is 6.16. The van der Waals surface area contributed by atoms with E-state index in [9.17, 15) is 0 Å². The van der Waals surface area contributed by atoms with Gasteiger partial charge in [-0.2, -0.15) is 0 Å². The first kappa shape index (κ1) is 8.52. The third-order valence-corrected chi connectivity index (χ3v) is 3.76. The van der Waals surface area contributed by atoms with Crippen LogP contribution in [-0.2, 0) is 4.74 Å². The first-order valence-corrected chi connectivity index (χ1v) is 4.99. The normalized spacial score (nSPS) is 44.8. The topological polar surface area (TPSA) is 35.2 Å². The van der Waals surface area contributed by atoms with Gasteiger partial charge in [0.25, 0.3) is 0 Å². The average Bonchev–Trinajstić information content (AvgIpc) is 2.50. The standard InChI is InChI=1S/C10H19NO/c1-10(2)7(6-11)9(10)8-4-3-5-12-8/h7-9H,3-6,11H2,1-2H3/t7-,8?,9+/m0/s1. The minimum absolute atomic E-state index is 0.448. The highest BCUT2D eigenvalue weighted by molar-refractivity contribution is 5.09. The number of hydrogen-bond donors (Lipinski definition) is 1. The minimum Gasteiger partial charge on any atom is -0.378 e. The second-order valence-electron chi connectivity index (χ2n) is 4.74. The Morgan fingerprint density at radius 3 is 2.67 bits per heavy atom. The van der Waals surface area contributed by atoms with Crippen LogP contribution < -0.4 is 5.73 Å². The molecule has 1 heterocycles. The number of hydrogen-bond acceptors (Lipinski definition) is 2. The predicted molar refractivity (Wildman–Crippen MR) is 48.8 cm³/mol. The van der Waals surface area contributed by atoms with E-state index < -0.39 is 0 Å². The maximum atomic E-state index is 5.71. The first-order chi connectivity index (χ1) is 5.68. The van der Waals surface area contributed by atoms with Crippen LogP contribution in [0.1, 0.15) is 26.7 Å². The average molecular weight is 169 g/mol. The lowest BCUT2D eigenvalue weighted by Crippen LogP contribution is -2.13. The second kappa shape index (κ2) is 2.71. The van der Waals surface area contributed by atoms with E-state index in [1.165, 1.54) is 12.8 Å². The fourth-order valence-corrected chi connectivity index (χ4v) is 2.86. The number of rotatable bonds is 2. The number of nitrogens with two attached hydrogens (primary N) is 1. The maximum absolute atomic E-state index is 5.71. The van der Waals surface area contributed by atoms with Crippen molar-refractivity contribution >= 4 is 0 Å². The monoisotopic (exact) mass is 169 g/mol. The van der Waals surface area contributed by atoms with Crippen LogP contribution in [0.3, 0.4) is 0 Å². The Balaban J connectivity index is 1.97. The molecule has 1 aliphatic heterocycles. The van der Waals surface area contributed by atoms with Crippen LogP contribution in [0.2, 0.25) is 0 Å². The molecule has 0 aromatic carbocycles. The molecular formula is C10H19NO. The van der Waals surface area contributed by atoms with Gasteiger partial charge < -0.3 is 10.5 Å². The zero-order valence-corrected chi connectivity index (χ0v) is 8.05. The zero-order chi connectivity index (χ0) is 8.77. The number of ether oxygens (including phenoxy) is 1. The quantitative estimate of drug-likeness (QED) is 0.678. The Morgan fingerprint density at radius 1 is 1.50 bits per heavy atom. The molecule has 0 aromatic heterocycles. The van der Waals surface area contributed by atoms with Crippen molar-refractivity contribution in [3.05, 3.63) is 0 Å². The summed E-state index contributed by atoms with van der Waals surface area (Å²) in [4.78, 5) is 0. The van der Waals surface area contributed by atoms with Crippen molar-refractivity contribution in [2.24, 2.45) is 23.0 Å². The molecule has 1 aliphatic carbocycles. The summed E-state index contributed by atoms with van der Waals surface area (Å²) in [5.74, 6) is 1.45. The second-order valence-corrected chi connectivity index (χ2v) is 4.74. The molecule has 0 spiro atoms. The fraction of sp³-hybridized carbons (Fsp3) is 1.00. The van der Waals surface area contributed by atoms with Crippen LogP contribution >= 0.6 is 0 Å². The smallest absolute Gasteiger partial charge is 0.0612 e. The van der Waals surface area contributed by atoms with Crippen LogP contribution in [-0.4, -0.2) is 19.3 Å². The van der Waals surface area contributed by atoms with Gasteiger partial charge in [0.05, 0.1) is 6.10 Å². The summed E-state index contributed by atoms with van der Waals surface area (Å²) in [6, 6.07) is 0. The highest BCUT2D eigenvalue weighted by atomic mass is 16.5. The van der Waals surface area contributed by atoms with Gasteiger partial charge in [-0.15, -0.1) is 0 Å². The molecule has 1 saturated heterocycles. The van der Waals surface area contributed by atoms with Crippen LogP contribution in [0.25, 0.3) is 0 Å². The highest BCUT2D eigenvalue weighted by Crippen LogP contribution is 2.61. The Labute approximate surface area is 74.5 Å². The van der Waals surface area contributed by atoms with Gasteiger partial charge in [-0.05, 0) is 36.6 Å². The lowest BCUT2D eigenvalue weighted by molar-refractivity contribution is 0.0821. The van der Waals surface area contributed by atoms with Crippen molar-refractivity contribution < 1.29 is 4.74 Å². The summed E-state index contributed by atoms with van der Waals surface area (Å²) < 4.78 is 5.69. The molecule has 1 saturated carbocycles. The molecule has 0 aromatic rings. The predicted octanol–water partition coefficient (Wildman–Crippen LogP) is 1.40. The summed E-state index contributed by atoms with van der Waals surface area (Å²) in [5, 5.41) is 0. The van der Waals surface area contributed by atoms with Gasteiger partial charge >= 0.3 is 0 Å². The molecular weight excluding hydrogens is 150 g/mol. The summed E-state index contributed by atoms with van der Waals surface area (Å²) in [7, 11) is 0. The Bertz CT molecular complexity index is 173. The molecule has 2 fully saturated rings. The molecule has 0 radical (unpaired) electrons. The molecule has 1 unspecified atom stereocenters. The Morgan fingerprint density at radius 2 is 2.25 bits per heavy atom. The molecule has 0 amide bonds. The van der Waals surface area contributed by atoms with E-state index in [-0.39, 0.29) is 0 Å². The van der Waals surface area contributed by atoms with E-state index in [1.54, 1.807) is 0 Å². The zero-order valence-electron chi connectivity index (χ0n) is 8.05. The largest absolute Gasteiger partial charge is 0.378 e. The summed E-state index contributed by atoms with van der Waals surface area (Å²) >= 11 is 0. The van der Waals surface area contributed by atoms with Crippen LogP contribution in [0, 0.1) is 17.3 Å². The van der Waals surface area contributed by atoms with Crippen LogP contribution in [0.15, 0.2) is 0 Å². The minimum atomic E-state index is 0.448. The van der Waals surface area contributed by atoms with E-state index >= 15 is 0 Å². The first-order valence-electron chi connectivity index (χ1n) is 4.99. The van der Waals surface area contributed by atoms with Crippen molar-refractivity contribution in [2.45, 2.75) is 32.8 Å². The van der Waals surface area contributed by atoms with E-state index in [4.69, 9.17) is 10.5 Å². The third-order valence-electron chi connectivity index (χ3n) is 3.76. The van der Waals surface area contributed by atoms with Gasteiger partial charge in [0.15, 0.2) is 0 Å². The Hall–Kier alpha value is -0.0800. The molecule has 3 atom stereocenters. The van der Waals surface area contributed by atoms with Gasteiger partial charge in [-0.3, -0.25) is 0 Å². The van der Waals surface area contributed by atoms with Gasteiger partial charge in [-0.25, -0.2) is 0 Å². The van der Waals surface area contributed by atoms with E-state index in [1.807, 2.05) is 0 Å². The van der Waals surface area contributed by atoms with Crippen molar-refractivity contribution in [2.75, 3.05) is 13.2 Å². The van der Waals surface area contributed by atoms with Crippen LogP contribution in [0.5, 0.6) is 0 Å². The fourth-order valence-electron chi connectivity index (χ4n) is 2.86. The molecule has 2 heteroatoms. The van der Waals surface area contributed by atoms with E-state index in [2.05, 4.69) is 13.8 Å². The molecule has 2 aliphatic rings. The highest BCUT2D eigenvalue weighted by Gasteiger charge is 2.60. The molecule has 0 bridgehead atoms. The third kappa shape index (κ3) is 1.09. The molecule has 70 valence electrons. The molecule has 2 nitrogen and oxygen atoms in total.